The van der Waals surface area contributed by atoms with Gasteiger partial charge in [-0.05, 0) is 38.0 Å². The lowest BCUT2D eigenvalue weighted by molar-refractivity contribution is 0.833. The lowest BCUT2D eigenvalue weighted by atomic mass is 10.2. The van der Waals surface area contributed by atoms with Crippen molar-refractivity contribution in [1.29, 1.82) is 0 Å². The molecule has 0 radical (unpaired) electrons. The van der Waals surface area contributed by atoms with Crippen molar-refractivity contribution in [2.45, 2.75) is 33.6 Å². The van der Waals surface area contributed by atoms with Crippen LogP contribution in [0.1, 0.15) is 30.3 Å². The lowest BCUT2D eigenvalue weighted by Gasteiger charge is -2.14. The molecule has 0 amide bonds. The molecular weight excluding hydrogens is 286 g/mol. The summed E-state index contributed by atoms with van der Waals surface area (Å²) >= 11 is 6.26. The number of anilines is 3. The first-order valence-corrected chi connectivity index (χ1v) is 7.30. The molecular formula is C15H20ClN5. The Labute approximate surface area is 129 Å². The van der Waals surface area contributed by atoms with Crippen molar-refractivity contribution < 1.29 is 0 Å². The first kappa shape index (κ1) is 15.5. The number of halogens is 1. The maximum Gasteiger partial charge on any atom is 0.148 e. The smallest absolute Gasteiger partial charge is 0.148 e. The van der Waals surface area contributed by atoms with Gasteiger partial charge in [-0.2, -0.15) is 0 Å². The number of nitrogens with zero attached hydrogens (tertiary/aromatic N) is 2. The van der Waals surface area contributed by atoms with Crippen molar-refractivity contribution in [2.24, 2.45) is 5.84 Å². The van der Waals surface area contributed by atoms with Crippen LogP contribution in [0.25, 0.3) is 0 Å². The third-order valence-corrected chi connectivity index (χ3v) is 3.49. The van der Waals surface area contributed by atoms with Gasteiger partial charge in [0.15, 0.2) is 0 Å². The molecule has 0 fully saturated rings. The fourth-order valence-electron chi connectivity index (χ4n) is 2.01. The van der Waals surface area contributed by atoms with Crippen molar-refractivity contribution >= 4 is 28.9 Å². The molecule has 0 aliphatic rings. The summed E-state index contributed by atoms with van der Waals surface area (Å²) in [5.74, 6) is 7.62. The summed E-state index contributed by atoms with van der Waals surface area (Å²) < 4.78 is 0. The molecule has 1 aromatic heterocycles. The van der Waals surface area contributed by atoms with Crippen LogP contribution in [0.2, 0.25) is 5.02 Å². The highest BCUT2D eigenvalue weighted by molar-refractivity contribution is 6.33. The average Bonchev–Trinajstić information content (AvgIpc) is 2.45. The first-order valence-electron chi connectivity index (χ1n) is 6.92. The zero-order chi connectivity index (χ0) is 15.4. The van der Waals surface area contributed by atoms with Crippen LogP contribution in [0.15, 0.2) is 18.2 Å². The summed E-state index contributed by atoms with van der Waals surface area (Å²) in [6, 6.07) is 5.85. The molecule has 0 atom stereocenters. The van der Waals surface area contributed by atoms with Crippen molar-refractivity contribution in [1.82, 2.24) is 9.97 Å². The van der Waals surface area contributed by atoms with Crippen LogP contribution in [0.3, 0.4) is 0 Å². The van der Waals surface area contributed by atoms with Crippen LogP contribution in [-0.2, 0) is 6.42 Å². The highest BCUT2D eigenvalue weighted by Gasteiger charge is 2.11. The maximum absolute atomic E-state index is 6.26. The summed E-state index contributed by atoms with van der Waals surface area (Å²) in [7, 11) is 0. The molecule has 0 aliphatic carbocycles. The highest BCUT2D eigenvalue weighted by atomic mass is 35.5. The Morgan fingerprint density at radius 2 is 1.90 bits per heavy atom. The molecule has 2 rings (SSSR count). The number of benzene rings is 1. The molecule has 0 bridgehead atoms. The Morgan fingerprint density at radius 3 is 2.52 bits per heavy atom. The van der Waals surface area contributed by atoms with Crippen LogP contribution in [0.5, 0.6) is 0 Å². The second-order valence-corrected chi connectivity index (χ2v) is 5.37. The maximum atomic E-state index is 6.26. The summed E-state index contributed by atoms with van der Waals surface area (Å²) in [5, 5.41) is 3.92. The van der Waals surface area contributed by atoms with Gasteiger partial charge in [0.2, 0.25) is 0 Å². The Balaban J connectivity index is 2.40. The number of hydrogen-bond donors (Lipinski definition) is 3. The van der Waals surface area contributed by atoms with Gasteiger partial charge in [0, 0.05) is 12.0 Å². The van der Waals surface area contributed by atoms with E-state index in [1.165, 1.54) is 0 Å². The number of aryl methyl sites for hydroxylation is 2. The molecule has 112 valence electrons. The molecule has 4 N–H and O–H groups in total. The molecule has 6 heteroatoms. The molecule has 0 aliphatic heterocycles. The molecule has 1 heterocycles. The zero-order valence-corrected chi connectivity index (χ0v) is 13.3. The quantitative estimate of drug-likeness (QED) is 0.579. The molecule has 2 aromatic rings. The minimum absolute atomic E-state index is 0.624. The van der Waals surface area contributed by atoms with Gasteiger partial charge in [0.25, 0.3) is 0 Å². The summed E-state index contributed by atoms with van der Waals surface area (Å²) in [4.78, 5) is 8.95. The molecule has 21 heavy (non-hydrogen) atoms. The summed E-state index contributed by atoms with van der Waals surface area (Å²) in [6.07, 6.45) is 1.77. The predicted octanol–water partition coefficient (Wildman–Crippen LogP) is 3.73. The van der Waals surface area contributed by atoms with E-state index in [1.807, 2.05) is 32.0 Å². The molecule has 0 spiro atoms. The second-order valence-electron chi connectivity index (χ2n) is 4.96. The number of hydrogen-bond acceptors (Lipinski definition) is 5. The van der Waals surface area contributed by atoms with Crippen LogP contribution in [0.4, 0.5) is 17.3 Å². The van der Waals surface area contributed by atoms with Gasteiger partial charge in [-0.25, -0.2) is 15.8 Å². The van der Waals surface area contributed by atoms with Gasteiger partial charge in [-0.15, -0.1) is 0 Å². The van der Waals surface area contributed by atoms with E-state index in [-0.39, 0.29) is 0 Å². The minimum atomic E-state index is 0.624. The number of nitrogens with one attached hydrogen (secondary N) is 2. The minimum Gasteiger partial charge on any atom is -0.339 e. The molecule has 0 unspecified atom stereocenters. The first-order chi connectivity index (χ1) is 10.0. The monoisotopic (exact) mass is 305 g/mol. The Kier molecular flexibility index (Phi) is 4.98. The Morgan fingerprint density at radius 1 is 1.19 bits per heavy atom. The number of aromatic nitrogens is 2. The van der Waals surface area contributed by atoms with Crippen LogP contribution in [0, 0.1) is 13.8 Å². The molecule has 0 saturated carbocycles. The number of hydrazine groups is 1. The predicted molar refractivity (Wildman–Crippen MR) is 88.0 cm³/mol. The van der Waals surface area contributed by atoms with Gasteiger partial charge in [-0.3, -0.25) is 0 Å². The van der Waals surface area contributed by atoms with E-state index >= 15 is 0 Å². The van der Waals surface area contributed by atoms with E-state index in [0.717, 1.165) is 35.5 Å². The fourth-order valence-corrected chi connectivity index (χ4v) is 2.29. The van der Waals surface area contributed by atoms with Crippen LogP contribution in [-0.4, -0.2) is 9.97 Å². The molecule has 5 nitrogen and oxygen atoms in total. The summed E-state index contributed by atoms with van der Waals surface area (Å²) in [5.41, 5.74) is 5.40. The molecule has 0 saturated heterocycles. The van der Waals surface area contributed by atoms with E-state index < -0.39 is 0 Å². The molecule has 1 aromatic carbocycles. The van der Waals surface area contributed by atoms with Crippen LogP contribution < -0.4 is 16.6 Å². The summed E-state index contributed by atoms with van der Waals surface area (Å²) in [6.45, 7) is 6.00. The zero-order valence-electron chi connectivity index (χ0n) is 12.5. The second kappa shape index (κ2) is 6.74. The van der Waals surface area contributed by atoms with Gasteiger partial charge in [0.05, 0.1) is 10.7 Å². The van der Waals surface area contributed by atoms with E-state index in [9.17, 15) is 0 Å². The highest BCUT2D eigenvalue weighted by Crippen LogP contribution is 2.28. The topological polar surface area (TPSA) is 75.9 Å². The Hall–Kier alpha value is -1.85. The normalized spacial score (nSPS) is 10.5. The van der Waals surface area contributed by atoms with Gasteiger partial charge in [-0.1, -0.05) is 24.6 Å². The van der Waals surface area contributed by atoms with Crippen molar-refractivity contribution in [3.8, 4) is 0 Å². The number of nitrogen functional groups attached to an aromatic ring is 1. The third-order valence-electron chi connectivity index (χ3n) is 3.18. The van der Waals surface area contributed by atoms with Gasteiger partial charge >= 0.3 is 0 Å². The average molecular weight is 306 g/mol. The van der Waals surface area contributed by atoms with E-state index in [4.69, 9.17) is 17.4 Å². The van der Waals surface area contributed by atoms with E-state index in [1.54, 1.807) is 0 Å². The van der Waals surface area contributed by atoms with Crippen molar-refractivity contribution in [3.63, 3.8) is 0 Å². The van der Waals surface area contributed by atoms with Crippen molar-refractivity contribution in [3.05, 3.63) is 40.2 Å². The number of rotatable bonds is 5. The van der Waals surface area contributed by atoms with Crippen LogP contribution >= 0.6 is 11.6 Å². The van der Waals surface area contributed by atoms with Crippen molar-refractivity contribution in [2.75, 3.05) is 10.7 Å². The van der Waals surface area contributed by atoms with E-state index in [2.05, 4.69) is 27.6 Å². The van der Waals surface area contributed by atoms with E-state index in [0.29, 0.717) is 16.7 Å². The van der Waals surface area contributed by atoms with Gasteiger partial charge in [0.1, 0.15) is 17.5 Å². The van der Waals surface area contributed by atoms with Gasteiger partial charge < -0.3 is 10.7 Å². The lowest BCUT2D eigenvalue weighted by Crippen LogP contribution is -2.14. The Bertz CT molecular complexity index is 642. The number of nitrogens with two attached hydrogens (primary N) is 1. The SMILES string of the molecule is CCCc1nc(NN)c(C)c(Nc2ccc(C)cc2Cl)n1. The third kappa shape index (κ3) is 3.62. The largest absolute Gasteiger partial charge is 0.339 e. The fraction of sp³-hybridized carbons (Fsp3) is 0.333. The standard InChI is InChI=1S/C15H20ClN5/c1-4-5-13-19-14(10(3)15(20-13)21-17)18-12-7-6-9(2)8-11(12)16/h6-8H,4-5,17H2,1-3H3,(H2,18,19,20,21).